The average molecular weight is 211 g/mol. The van der Waals surface area contributed by atoms with Crippen LogP contribution in [0.3, 0.4) is 0 Å². The molecule has 1 aromatic rings. The monoisotopic (exact) mass is 211 g/mol. The molecule has 0 saturated heterocycles. The molecule has 1 rings (SSSR count). The standard InChI is InChI=1S/C11H14FNO2/c1-8(12)10(13-11(14)15-2)9-6-4-3-5-7-9/h3-8,10H,1-2H3,(H,13,14)/t8-,10-/m1/s1. The highest BCUT2D eigenvalue weighted by molar-refractivity contribution is 5.67. The van der Waals surface area contributed by atoms with E-state index < -0.39 is 18.3 Å². The van der Waals surface area contributed by atoms with Crippen LogP contribution >= 0.6 is 0 Å². The third-order valence-corrected chi connectivity index (χ3v) is 2.08. The van der Waals surface area contributed by atoms with Crippen molar-refractivity contribution < 1.29 is 13.9 Å². The normalized spacial score (nSPS) is 14.1. The van der Waals surface area contributed by atoms with Gasteiger partial charge in [-0.25, -0.2) is 9.18 Å². The molecule has 0 aromatic heterocycles. The molecule has 1 aromatic carbocycles. The first-order chi connectivity index (χ1) is 7.15. The highest BCUT2D eigenvalue weighted by Gasteiger charge is 2.20. The van der Waals surface area contributed by atoms with Gasteiger partial charge in [-0.2, -0.15) is 0 Å². The summed E-state index contributed by atoms with van der Waals surface area (Å²) in [6, 6.07) is 8.28. The molecule has 0 aliphatic carbocycles. The fraction of sp³-hybridized carbons (Fsp3) is 0.364. The lowest BCUT2D eigenvalue weighted by Crippen LogP contribution is -2.33. The summed E-state index contributed by atoms with van der Waals surface area (Å²) >= 11 is 0. The van der Waals surface area contributed by atoms with E-state index in [1.165, 1.54) is 14.0 Å². The quantitative estimate of drug-likeness (QED) is 0.833. The van der Waals surface area contributed by atoms with E-state index >= 15 is 0 Å². The molecular formula is C11H14FNO2. The van der Waals surface area contributed by atoms with E-state index in [1.807, 2.05) is 6.07 Å². The number of halogens is 1. The Balaban J connectivity index is 2.79. The van der Waals surface area contributed by atoms with Crippen LogP contribution < -0.4 is 5.32 Å². The number of amides is 1. The van der Waals surface area contributed by atoms with Gasteiger partial charge in [0.05, 0.1) is 13.2 Å². The molecule has 0 spiro atoms. The Kier molecular flexibility index (Phi) is 4.09. The minimum atomic E-state index is -1.17. The number of alkyl halides is 1. The molecule has 0 unspecified atom stereocenters. The van der Waals surface area contributed by atoms with Gasteiger partial charge in [-0.3, -0.25) is 0 Å². The Labute approximate surface area is 88.2 Å². The summed E-state index contributed by atoms with van der Waals surface area (Å²) in [6.07, 6.45) is -1.81. The van der Waals surface area contributed by atoms with Crippen molar-refractivity contribution in [2.45, 2.75) is 19.1 Å². The molecule has 15 heavy (non-hydrogen) atoms. The van der Waals surface area contributed by atoms with Gasteiger partial charge in [-0.1, -0.05) is 30.3 Å². The number of nitrogens with one attached hydrogen (secondary N) is 1. The second-order valence-corrected chi connectivity index (χ2v) is 3.20. The maximum atomic E-state index is 13.3. The molecule has 3 nitrogen and oxygen atoms in total. The van der Waals surface area contributed by atoms with Crippen LogP contribution in [0, 0.1) is 0 Å². The van der Waals surface area contributed by atoms with Gasteiger partial charge in [0.2, 0.25) is 0 Å². The van der Waals surface area contributed by atoms with Crippen molar-refractivity contribution in [1.29, 1.82) is 0 Å². The molecule has 0 aliphatic rings. The van der Waals surface area contributed by atoms with Gasteiger partial charge in [-0.05, 0) is 12.5 Å². The second kappa shape index (κ2) is 5.34. The zero-order chi connectivity index (χ0) is 11.3. The fourth-order valence-corrected chi connectivity index (χ4v) is 1.31. The molecule has 82 valence electrons. The number of benzene rings is 1. The number of rotatable bonds is 3. The van der Waals surface area contributed by atoms with Gasteiger partial charge < -0.3 is 10.1 Å². The fourth-order valence-electron chi connectivity index (χ4n) is 1.31. The molecular weight excluding hydrogens is 197 g/mol. The smallest absolute Gasteiger partial charge is 0.407 e. The van der Waals surface area contributed by atoms with Crippen molar-refractivity contribution in [2.24, 2.45) is 0 Å². The van der Waals surface area contributed by atoms with Crippen LogP contribution in [0.25, 0.3) is 0 Å². The number of ether oxygens (including phenoxy) is 1. The van der Waals surface area contributed by atoms with E-state index in [1.54, 1.807) is 24.3 Å². The molecule has 0 heterocycles. The lowest BCUT2D eigenvalue weighted by molar-refractivity contribution is 0.157. The van der Waals surface area contributed by atoms with Crippen molar-refractivity contribution >= 4 is 6.09 Å². The zero-order valence-electron chi connectivity index (χ0n) is 8.74. The van der Waals surface area contributed by atoms with Crippen LogP contribution in [0.1, 0.15) is 18.5 Å². The Morgan fingerprint density at radius 2 is 2.00 bits per heavy atom. The van der Waals surface area contributed by atoms with E-state index in [-0.39, 0.29) is 0 Å². The predicted octanol–water partition coefficient (Wildman–Crippen LogP) is 2.44. The number of methoxy groups -OCH3 is 1. The summed E-state index contributed by atoms with van der Waals surface area (Å²) < 4.78 is 17.7. The van der Waals surface area contributed by atoms with Crippen molar-refractivity contribution in [3.05, 3.63) is 35.9 Å². The van der Waals surface area contributed by atoms with Crippen molar-refractivity contribution in [3.8, 4) is 0 Å². The Hall–Kier alpha value is -1.58. The maximum Gasteiger partial charge on any atom is 0.407 e. The average Bonchev–Trinajstić information content (AvgIpc) is 2.26. The van der Waals surface area contributed by atoms with Gasteiger partial charge in [0, 0.05) is 0 Å². The molecule has 1 amide bonds. The van der Waals surface area contributed by atoms with E-state index in [4.69, 9.17) is 0 Å². The molecule has 0 aliphatic heterocycles. The third-order valence-electron chi connectivity index (χ3n) is 2.08. The van der Waals surface area contributed by atoms with Gasteiger partial charge in [-0.15, -0.1) is 0 Å². The molecule has 1 N–H and O–H groups in total. The van der Waals surface area contributed by atoms with Gasteiger partial charge in [0.1, 0.15) is 6.17 Å². The molecule has 0 fully saturated rings. The first-order valence-corrected chi connectivity index (χ1v) is 4.68. The highest BCUT2D eigenvalue weighted by atomic mass is 19.1. The van der Waals surface area contributed by atoms with Gasteiger partial charge in [0.25, 0.3) is 0 Å². The molecule has 0 bridgehead atoms. The van der Waals surface area contributed by atoms with Crippen LogP contribution in [0.15, 0.2) is 30.3 Å². The third kappa shape index (κ3) is 3.23. The topological polar surface area (TPSA) is 38.3 Å². The summed E-state index contributed by atoms with van der Waals surface area (Å²) in [6.45, 7) is 1.40. The van der Waals surface area contributed by atoms with Crippen LogP contribution in [0.5, 0.6) is 0 Å². The van der Waals surface area contributed by atoms with E-state index in [2.05, 4.69) is 10.1 Å². The lowest BCUT2D eigenvalue weighted by atomic mass is 10.0. The van der Waals surface area contributed by atoms with Crippen LogP contribution in [-0.2, 0) is 4.74 Å². The Morgan fingerprint density at radius 1 is 1.40 bits per heavy atom. The number of hydrogen-bond donors (Lipinski definition) is 1. The molecule has 0 saturated carbocycles. The maximum absolute atomic E-state index is 13.3. The first-order valence-electron chi connectivity index (χ1n) is 4.68. The molecule has 0 radical (unpaired) electrons. The highest BCUT2D eigenvalue weighted by Crippen LogP contribution is 2.18. The Bertz CT molecular complexity index is 314. The summed E-state index contributed by atoms with van der Waals surface area (Å²) in [5.74, 6) is 0. The van der Waals surface area contributed by atoms with Gasteiger partial charge in [0.15, 0.2) is 0 Å². The van der Waals surface area contributed by atoms with Crippen LogP contribution in [0.2, 0.25) is 0 Å². The summed E-state index contributed by atoms with van der Waals surface area (Å²) in [5, 5.41) is 2.45. The van der Waals surface area contributed by atoms with Crippen molar-refractivity contribution in [3.63, 3.8) is 0 Å². The number of carbonyl (C=O) groups excluding carboxylic acids is 1. The molecule has 2 atom stereocenters. The van der Waals surface area contributed by atoms with E-state index in [0.29, 0.717) is 0 Å². The second-order valence-electron chi connectivity index (χ2n) is 3.20. The minimum Gasteiger partial charge on any atom is -0.453 e. The predicted molar refractivity (Wildman–Crippen MR) is 55.3 cm³/mol. The summed E-state index contributed by atoms with van der Waals surface area (Å²) in [5.41, 5.74) is 0.720. The SMILES string of the molecule is COC(=O)N[C@@H](c1ccccc1)[C@@H](C)F. The van der Waals surface area contributed by atoms with E-state index in [9.17, 15) is 9.18 Å². The number of alkyl carbamates (subject to hydrolysis) is 1. The lowest BCUT2D eigenvalue weighted by Gasteiger charge is -2.19. The summed E-state index contributed by atoms with van der Waals surface area (Å²) in [7, 11) is 1.25. The summed E-state index contributed by atoms with van der Waals surface area (Å²) in [4.78, 5) is 11.0. The molecule has 4 heteroatoms. The van der Waals surface area contributed by atoms with Gasteiger partial charge >= 0.3 is 6.09 Å². The van der Waals surface area contributed by atoms with Crippen LogP contribution in [-0.4, -0.2) is 19.4 Å². The zero-order valence-corrected chi connectivity index (χ0v) is 8.74. The largest absolute Gasteiger partial charge is 0.453 e. The minimum absolute atomic E-state index is 0.631. The van der Waals surface area contributed by atoms with E-state index in [0.717, 1.165) is 5.56 Å². The number of carbonyl (C=O) groups is 1. The van der Waals surface area contributed by atoms with Crippen molar-refractivity contribution in [2.75, 3.05) is 7.11 Å². The van der Waals surface area contributed by atoms with Crippen molar-refractivity contribution in [1.82, 2.24) is 5.32 Å². The van der Waals surface area contributed by atoms with Crippen LogP contribution in [0.4, 0.5) is 9.18 Å². The number of hydrogen-bond acceptors (Lipinski definition) is 2. The first kappa shape index (κ1) is 11.5. The Morgan fingerprint density at radius 3 is 2.47 bits per heavy atom.